The zero-order valence-electron chi connectivity index (χ0n) is 8.53. The molecule has 0 aliphatic carbocycles. The van der Waals surface area contributed by atoms with Crippen molar-refractivity contribution >= 4 is 52.0 Å². The standard InChI is InChI=1S/C11H7NOS4/c13-12-3-1-2-8(6-12)9-7-16-11(17-9)10-14-4-5-15-10/h1-7H. The maximum Gasteiger partial charge on any atom is 0.188 e. The number of rotatable bonds is 1. The third-order valence-electron chi connectivity index (χ3n) is 2.11. The molecule has 0 N–H and O–H groups in total. The molecule has 2 aliphatic rings. The van der Waals surface area contributed by atoms with Gasteiger partial charge in [-0.25, -0.2) is 0 Å². The van der Waals surface area contributed by atoms with E-state index in [1.807, 2.05) is 6.07 Å². The van der Waals surface area contributed by atoms with Gasteiger partial charge in [0, 0.05) is 11.0 Å². The third-order valence-corrected chi connectivity index (χ3v) is 7.18. The van der Waals surface area contributed by atoms with E-state index in [4.69, 9.17) is 0 Å². The maximum absolute atomic E-state index is 11.2. The predicted molar refractivity (Wildman–Crippen MR) is 79.9 cm³/mol. The highest BCUT2D eigenvalue weighted by Crippen LogP contribution is 2.55. The Bertz CT molecular complexity index is 540. The molecule has 86 valence electrons. The Kier molecular flexibility index (Phi) is 3.46. The lowest BCUT2D eigenvalue weighted by Crippen LogP contribution is -2.24. The minimum Gasteiger partial charge on any atom is -0.619 e. The second-order valence-electron chi connectivity index (χ2n) is 3.24. The van der Waals surface area contributed by atoms with Crippen LogP contribution in [-0.2, 0) is 0 Å². The summed E-state index contributed by atoms with van der Waals surface area (Å²) in [7, 11) is 0. The predicted octanol–water partition coefficient (Wildman–Crippen LogP) is 4.18. The molecule has 0 saturated heterocycles. The lowest BCUT2D eigenvalue weighted by atomic mass is 10.3. The van der Waals surface area contributed by atoms with Gasteiger partial charge in [0.15, 0.2) is 12.4 Å². The van der Waals surface area contributed by atoms with Crippen molar-refractivity contribution in [1.82, 2.24) is 0 Å². The Labute approximate surface area is 116 Å². The Morgan fingerprint density at radius 1 is 1.06 bits per heavy atom. The number of hydrogen-bond donors (Lipinski definition) is 0. The van der Waals surface area contributed by atoms with Gasteiger partial charge in [-0.05, 0) is 22.3 Å². The quantitative estimate of drug-likeness (QED) is 0.572. The third kappa shape index (κ3) is 2.54. The molecule has 3 rings (SSSR count). The van der Waals surface area contributed by atoms with Crippen molar-refractivity contribution in [2.24, 2.45) is 0 Å². The summed E-state index contributed by atoms with van der Waals surface area (Å²) in [6.07, 6.45) is 3.11. The zero-order chi connectivity index (χ0) is 11.7. The summed E-state index contributed by atoms with van der Waals surface area (Å²) in [6, 6.07) is 3.74. The Morgan fingerprint density at radius 2 is 1.88 bits per heavy atom. The van der Waals surface area contributed by atoms with E-state index in [0.29, 0.717) is 0 Å². The fourth-order valence-corrected chi connectivity index (χ4v) is 5.84. The normalized spacial score (nSPS) is 18.9. The van der Waals surface area contributed by atoms with Crippen LogP contribution in [0.3, 0.4) is 0 Å². The Hall–Kier alpha value is -0.430. The van der Waals surface area contributed by atoms with Gasteiger partial charge in [0.25, 0.3) is 0 Å². The van der Waals surface area contributed by atoms with E-state index in [-0.39, 0.29) is 0 Å². The first-order valence-electron chi connectivity index (χ1n) is 4.79. The zero-order valence-corrected chi connectivity index (χ0v) is 11.8. The molecule has 0 bridgehead atoms. The van der Waals surface area contributed by atoms with Crippen LogP contribution < -0.4 is 4.73 Å². The first-order valence-corrected chi connectivity index (χ1v) is 8.25. The Morgan fingerprint density at radius 3 is 2.65 bits per heavy atom. The molecular weight excluding hydrogens is 290 g/mol. The second kappa shape index (κ2) is 5.06. The second-order valence-corrected chi connectivity index (χ2v) is 7.52. The van der Waals surface area contributed by atoms with Crippen molar-refractivity contribution in [1.29, 1.82) is 0 Å². The first kappa shape index (κ1) is 11.6. The van der Waals surface area contributed by atoms with Gasteiger partial charge in [-0.2, -0.15) is 4.73 Å². The number of pyridine rings is 1. The molecule has 1 aromatic heterocycles. The number of thioether (sulfide) groups is 4. The van der Waals surface area contributed by atoms with E-state index in [1.54, 1.807) is 59.3 Å². The van der Waals surface area contributed by atoms with Crippen LogP contribution in [0.2, 0.25) is 0 Å². The van der Waals surface area contributed by atoms with Gasteiger partial charge < -0.3 is 5.21 Å². The molecule has 0 fully saturated rings. The summed E-state index contributed by atoms with van der Waals surface area (Å²) >= 11 is 7.00. The van der Waals surface area contributed by atoms with Gasteiger partial charge in [0.1, 0.15) is 0 Å². The highest BCUT2D eigenvalue weighted by atomic mass is 32.2. The van der Waals surface area contributed by atoms with E-state index < -0.39 is 0 Å². The highest BCUT2D eigenvalue weighted by Gasteiger charge is 2.20. The summed E-state index contributed by atoms with van der Waals surface area (Å²) in [5.74, 6) is 0. The van der Waals surface area contributed by atoms with Crippen LogP contribution >= 0.6 is 47.0 Å². The van der Waals surface area contributed by atoms with Crippen LogP contribution in [0.15, 0.2) is 49.2 Å². The summed E-state index contributed by atoms with van der Waals surface area (Å²) in [4.78, 5) is 1.15. The van der Waals surface area contributed by atoms with Gasteiger partial charge in [-0.1, -0.05) is 47.0 Å². The minimum atomic E-state index is 0.840. The molecule has 2 nitrogen and oxygen atoms in total. The summed E-state index contributed by atoms with van der Waals surface area (Å²) < 4.78 is 3.48. The van der Waals surface area contributed by atoms with Crippen LogP contribution in [-0.4, -0.2) is 0 Å². The summed E-state index contributed by atoms with van der Waals surface area (Å²) in [5, 5.41) is 17.5. The monoisotopic (exact) mass is 297 g/mol. The van der Waals surface area contributed by atoms with Crippen molar-refractivity contribution < 1.29 is 4.73 Å². The molecule has 1 aromatic rings. The minimum absolute atomic E-state index is 0.840. The molecule has 2 aliphatic heterocycles. The van der Waals surface area contributed by atoms with E-state index in [9.17, 15) is 5.21 Å². The molecule has 0 unspecified atom stereocenters. The molecule has 0 amide bonds. The largest absolute Gasteiger partial charge is 0.619 e. The van der Waals surface area contributed by atoms with Crippen molar-refractivity contribution in [2.75, 3.05) is 0 Å². The van der Waals surface area contributed by atoms with Crippen molar-refractivity contribution in [3.05, 3.63) is 60.0 Å². The van der Waals surface area contributed by atoms with Crippen LogP contribution in [0.25, 0.3) is 4.91 Å². The van der Waals surface area contributed by atoms with E-state index >= 15 is 0 Å². The van der Waals surface area contributed by atoms with E-state index in [0.717, 1.165) is 15.2 Å². The first-order chi connectivity index (χ1) is 8.33. The molecule has 0 saturated carbocycles. The van der Waals surface area contributed by atoms with Crippen LogP contribution in [0.5, 0.6) is 0 Å². The number of hydrogen-bond acceptors (Lipinski definition) is 5. The average Bonchev–Trinajstić information content (AvgIpc) is 3.00. The Balaban J connectivity index is 1.82. The molecule has 6 heteroatoms. The molecule has 0 aromatic carbocycles. The van der Waals surface area contributed by atoms with Gasteiger partial charge in [0.05, 0.1) is 14.0 Å². The topological polar surface area (TPSA) is 26.9 Å². The molecule has 0 atom stereocenters. The van der Waals surface area contributed by atoms with Gasteiger partial charge in [0.2, 0.25) is 0 Å². The fraction of sp³-hybridized carbons (Fsp3) is 0. The van der Waals surface area contributed by atoms with Crippen LogP contribution in [0, 0.1) is 5.21 Å². The van der Waals surface area contributed by atoms with Crippen molar-refractivity contribution in [2.45, 2.75) is 0 Å². The van der Waals surface area contributed by atoms with Gasteiger partial charge in [-0.15, -0.1) is 0 Å². The van der Waals surface area contributed by atoms with Gasteiger partial charge >= 0.3 is 0 Å². The molecule has 0 radical (unpaired) electrons. The number of aromatic nitrogens is 1. The lowest BCUT2D eigenvalue weighted by molar-refractivity contribution is -0.605. The average molecular weight is 297 g/mol. The SMILES string of the molecule is [O-][n+]1cccc(C2=CSC(=C3SC=CS3)S2)c1. The lowest BCUT2D eigenvalue weighted by Gasteiger charge is -2.02. The van der Waals surface area contributed by atoms with E-state index in [2.05, 4.69) is 16.2 Å². The van der Waals surface area contributed by atoms with Crippen LogP contribution in [0.4, 0.5) is 0 Å². The smallest absolute Gasteiger partial charge is 0.188 e. The van der Waals surface area contributed by atoms with Crippen LogP contribution in [0.1, 0.15) is 5.56 Å². The van der Waals surface area contributed by atoms with Crippen molar-refractivity contribution in [3.63, 3.8) is 0 Å². The molecule has 0 spiro atoms. The molecule has 17 heavy (non-hydrogen) atoms. The van der Waals surface area contributed by atoms with E-state index in [1.165, 1.54) is 14.7 Å². The summed E-state index contributed by atoms with van der Waals surface area (Å²) in [6.45, 7) is 0. The number of nitrogens with zero attached hydrogens (tertiary/aromatic N) is 1. The maximum atomic E-state index is 11.2. The van der Waals surface area contributed by atoms with Gasteiger partial charge in [-0.3, -0.25) is 0 Å². The molecular formula is C11H7NOS4. The fourth-order valence-electron chi connectivity index (χ4n) is 1.38. The van der Waals surface area contributed by atoms with Crippen molar-refractivity contribution in [3.8, 4) is 0 Å². The summed E-state index contributed by atoms with van der Waals surface area (Å²) in [5.41, 5.74) is 0.983. The molecule has 3 heterocycles. The highest BCUT2D eigenvalue weighted by molar-refractivity contribution is 8.35.